The van der Waals surface area contributed by atoms with Crippen molar-refractivity contribution in [1.29, 1.82) is 0 Å². The minimum Gasteiger partial charge on any atom is -0.342 e. The number of aromatic nitrogens is 2. The van der Waals surface area contributed by atoms with E-state index in [1.807, 2.05) is 6.20 Å². The second-order valence-electron chi connectivity index (χ2n) is 5.45. The lowest BCUT2D eigenvalue weighted by Gasteiger charge is -2.18. The normalized spacial score (nSPS) is 13.3. The van der Waals surface area contributed by atoms with E-state index in [4.69, 9.17) is 0 Å². The summed E-state index contributed by atoms with van der Waals surface area (Å²) in [6, 6.07) is 6.66. The standard InChI is InChI=1S/C15H18N2.C3H8/c1-2-15-16-10-14(17-15)13-9-5-7-11-6-3-4-8-12(11)13;1-3-2/h5,7,9-10H,2-4,6,8H2,1H3,(H,16,17);3H2,1-2H3. The largest absolute Gasteiger partial charge is 0.342 e. The summed E-state index contributed by atoms with van der Waals surface area (Å²) < 4.78 is 0. The van der Waals surface area contributed by atoms with Gasteiger partial charge in [-0.05, 0) is 36.8 Å². The van der Waals surface area contributed by atoms with Crippen LogP contribution < -0.4 is 0 Å². The number of hydrogen-bond donors (Lipinski definition) is 1. The van der Waals surface area contributed by atoms with Gasteiger partial charge in [-0.25, -0.2) is 4.98 Å². The minimum absolute atomic E-state index is 0.967. The number of fused-ring (bicyclic) bond motifs is 1. The van der Waals surface area contributed by atoms with Crippen LogP contribution in [0.2, 0.25) is 0 Å². The first-order valence-electron chi connectivity index (χ1n) is 7.95. The Bertz CT molecular complexity index is 540. The summed E-state index contributed by atoms with van der Waals surface area (Å²) in [6.45, 7) is 6.38. The van der Waals surface area contributed by atoms with E-state index >= 15 is 0 Å². The lowest BCUT2D eigenvalue weighted by atomic mass is 9.87. The fourth-order valence-corrected chi connectivity index (χ4v) is 2.71. The van der Waals surface area contributed by atoms with Gasteiger partial charge < -0.3 is 4.98 Å². The molecule has 3 rings (SSSR count). The molecule has 108 valence electrons. The number of nitrogens with zero attached hydrogens (tertiary/aromatic N) is 1. The lowest BCUT2D eigenvalue weighted by Crippen LogP contribution is -2.04. The summed E-state index contributed by atoms with van der Waals surface area (Å²) in [4.78, 5) is 7.82. The topological polar surface area (TPSA) is 28.7 Å². The molecule has 1 aromatic carbocycles. The molecule has 0 spiro atoms. The highest BCUT2D eigenvalue weighted by Gasteiger charge is 2.14. The van der Waals surface area contributed by atoms with Crippen molar-refractivity contribution < 1.29 is 0 Å². The Labute approximate surface area is 122 Å². The molecule has 0 unspecified atom stereocenters. The van der Waals surface area contributed by atoms with Crippen LogP contribution in [0, 0.1) is 0 Å². The quantitative estimate of drug-likeness (QED) is 0.823. The zero-order valence-electron chi connectivity index (χ0n) is 13.0. The molecular formula is C18H26N2. The molecule has 1 aliphatic carbocycles. The van der Waals surface area contributed by atoms with Crippen LogP contribution in [0.15, 0.2) is 24.4 Å². The zero-order chi connectivity index (χ0) is 14.4. The van der Waals surface area contributed by atoms with E-state index < -0.39 is 0 Å². The Morgan fingerprint density at radius 1 is 1.10 bits per heavy atom. The Morgan fingerprint density at radius 3 is 2.55 bits per heavy atom. The fourth-order valence-electron chi connectivity index (χ4n) is 2.71. The van der Waals surface area contributed by atoms with E-state index in [9.17, 15) is 0 Å². The number of hydrogen-bond acceptors (Lipinski definition) is 1. The smallest absolute Gasteiger partial charge is 0.106 e. The molecule has 0 radical (unpaired) electrons. The maximum Gasteiger partial charge on any atom is 0.106 e. The van der Waals surface area contributed by atoms with Crippen molar-refractivity contribution in [2.24, 2.45) is 0 Å². The first-order valence-corrected chi connectivity index (χ1v) is 7.95. The molecular weight excluding hydrogens is 244 g/mol. The van der Waals surface area contributed by atoms with Gasteiger partial charge in [0.1, 0.15) is 5.82 Å². The third kappa shape index (κ3) is 3.30. The van der Waals surface area contributed by atoms with Gasteiger partial charge >= 0.3 is 0 Å². The molecule has 2 nitrogen and oxygen atoms in total. The van der Waals surface area contributed by atoms with E-state index in [2.05, 4.69) is 48.9 Å². The molecule has 0 atom stereocenters. The van der Waals surface area contributed by atoms with E-state index in [0.717, 1.165) is 12.2 Å². The molecule has 1 aliphatic rings. The summed E-state index contributed by atoms with van der Waals surface area (Å²) in [5.74, 6) is 1.08. The lowest BCUT2D eigenvalue weighted by molar-refractivity contribution is 0.686. The maximum atomic E-state index is 4.40. The number of imidazole rings is 1. The van der Waals surface area contributed by atoms with Gasteiger partial charge in [0, 0.05) is 12.0 Å². The fraction of sp³-hybridized carbons (Fsp3) is 0.500. The van der Waals surface area contributed by atoms with Crippen molar-refractivity contribution in [2.45, 2.75) is 59.3 Å². The van der Waals surface area contributed by atoms with Crippen LogP contribution in [0.3, 0.4) is 0 Å². The van der Waals surface area contributed by atoms with Crippen molar-refractivity contribution in [3.05, 3.63) is 41.3 Å². The van der Waals surface area contributed by atoms with Crippen LogP contribution in [-0.4, -0.2) is 9.97 Å². The summed E-state index contributed by atoms with van der Waals surface area (Å²) in [6.07, 6.45) is 9.29. The van der Waals surface area contributed by atoms with Crippen LogP contribution in [0.25, 0.3) is 11.3 Å². The first-order chi connectivity index (χ1) is 9.80. The molecule has 20 heavy (non-hydrogen) atoms. The molecule has 0 bridgehead atoms. The third-order valence-corrected chi connectivity index (χ3v) is 3.65. The SMILES string of the molecule is CCC.CCc1ncc(-c2cccc3c2CCCC3)[nH]1. The summed E-state index contributed by atoms with van der Waals surface area (Å²) in [5, 5.41) is 0. The second kappa shape index (κ2) is 7.28. The molecule has 0 saturated heterocycles. The summed E-state index contributed by atoms with van der Waals surface area (Å²) in [5.41, 5.74) is 5.60. The van der Waals surface area contributed by atoms with Gasteiger partial charge in [0.05, 0.1) is 11.9 Å². The Hall–Kier alpha value is -1.57. The number of benzene rings is 1. The molecule has 2 aromatic rings. The van der Waals surface area contributed by atoms with Gasteiger partial charge in [-0.1, -0.05) is 45.4 Å². The number of rotatable bonds is 2. The number of nitrogens with one attached hydrogen (secondary N) is 1. The van der Waals surface area contributed by atoms with Gasteiger partial charge in [-0.3, -0.25) is 0 Å². The minimum atomic E-state index is 0.967. The Kier molecular flexibility index (Phi) is 5.40. The average Bonchev–Trinajstić information content (AvgIpc) is 2.96. The van der Waals surface area contributed by atoms with Gasteiger partial charge in [0.2, 0.25) is 0 Å². The van der Waals surface area contributed by atoms with E-state index in [1.54, 1.807) is 0 Å². The highest BCUT2D eigenvalue weighted by Crippen LogP contribution is 2.30. The van der Waals surface area contributed by atoms with Crippen LogP contribution in [0.1, 0.15) is 57.0 Å². The predicted octanol–water partition coefficient (Wildman–Crippen LogP) is 4.93. The van der Waals surface area contributed by atoms with Gasteiger partial charge in [-0.2, -0.15) is 0 Å². The number of aryl methyl sites for hydroxylation is 2. The van der Waals surface area contributed by atoms with Crippen LogP contribution >= 0.6 is 0 Å². The molecule has 0 saturated carbocycles. The van der Waals surface area contributed by atoms with Gasteiger partial charge in [-0.15, -0.1) is 0 Å². The highest BCUT2D eigenvalue weighted by atomic mass is 14.9. The number of H-pyrrole nitrogens is 1. The Balaban J connectivity index is 0.000000452. The van der Waals surface area contributed by atoms with Crippen molar-refractivity contribution in [2.75, 3.05) is 0 Å². The Morgan fingerprint density at radius 2 is 1.85 bits per heavy atom. The maximum absolute atomic E-state index is 4.40. The van der Waals surface area contributed by atoms with Crippen molar-refractivity contribution in [3.63, 3.8) is 0 Å². The van der Waals surface area contributed by atoms with Crippen LogP contribution in [0.5, 0.6) is 0 Å². The van der Waals surface area contributed by atoms with Crippen molar-refractivity contribution in [1.82, 2.24) is 9.97 Å². The second-order valence-corrected chi connectivity index (χ2v) is 5.45. The molecule has 0 aliphatic heterocycles. The molecule has 0 amide bonds. The van der Waals surface area contributed by atoms with Crippen molar-refractivity contribution >= 4 is 0 Å². The summed E-state index contributed by atoms with van der Waals surface area (Å²) in [7, 11) is 0. The van der Waals surface area contributed by atoms with E-state index in [-0.39, 0.29) is 0 Å². The molecule has 2 heteroatoms. The molecule has 1 heterocycles. The van der Waals surface area contributed by atoms with E-state index in [1.165, 1.54) is 54.5 Å². The predicted molar refractivity (Wildman–Crippen MR) is 86.0 cm³/mol. The van der Waals surface area contributed by atoms with Crippen LogP contribution in [-0.2, 0) is 19.3 Å². The monoisotopic (exact) mass is 270 g/mol. The van der Waals surface area contributed by atoms with Crippen molar-refractivity contribution in [3.8, 4) is 11.3 Å². The van der Waals surface area contributed by atoms with Crippen LogP contribution in [0.4, 0.5) is 0 Å². The van der Waals surface area contributed by atoms with E-state index in [0.29, 0.717) is 0 Å². The number of aromatic amines is 1. The molecule has 1 N–H and O–H groups in total. The van der Waals surface area contributed by atoms with Gasteiger partial charge in [0.15, 0.2) is 0 Å². The summed E-state index contributed by atoms with van der Waals surface area (Å²) >= 11 is 0. The first kappa shape index (κ1) is 14.8. The van der Waals surface area contributed by atoms with Gasteiger partial charge in [0.25, 0.3) is 0 Å². The molecule has 1 aromatic heterocycles. The third-order valence-electron chi connectivity index (χ3n) is 3.65. The zero-order valence-corrected chi connectivity index (χ0v) is 13.0. The average molecular weight is 270 g/mol. The highest BCUT2D eigenvalue weighted by molar-refractivity contribution is 5.65. The molecule has 0 fully saturated rings.